The summed E-state index contributed by atoms with van der Waals surface area (Å²) in [6, 6.07) is 21.3. The summed E-state index contributed by atoms with van der Waals surface area (Å²) in [5, 5.41) is 0. The molecule has 0 aliphatic rings. The molecule has 0 aromatic heterocycles. The predicted molar refractivity (Wildman–Crippen MR) is 67.2 cm³/mol. The van der Waals surface area contributed by atoms with E-state index in [-0.39, 0.29) is 0 Å². The first kappa shape index (κ1) is 10.4. The van der Waals surface area contributed by atoms with Crippen LogP contribution in [0.25, 0.3) is 0 Å². The second-order valence-electron chi connectivity index (χ2n) is 3.51. The van der Waals surface area contributed by atoms with Crippen molar-refractivity contribution in [1.82, 2.24) is 0 Å². The zero-order valence-electron chi connectivity index (χ0n) is 8.63. The molecule has 0 amide bonds. The monoisotopic (exact) mass is 213 g/mol. The van der Waals surface area contributed by atoms with Gasteiger partial charge < -0.3 is 0 Å². The fraction of sp³-hybridized carbons (Fsp3) is 0.143. The van der Waals surface area contributed by atoms with Crippen LogP contribution in [-0.4, -0.2) is 0 Å². The van der Waals surface area contributed by atoms with Crippen molar-refractivity contribution in [3.8, 4) is 0 Å². The van der Waals surface area contributed by atoms with Crippen LogP contribution in [0.1, 0.15) is 11.1 Å². The van der Waals surface area contributed by atoms with Gasteiger partial charge in [-0.05, 0) is 23.5 Å². The summed E-state index contributed by atoms with van der Waals surface area (Å²) in [6.07, 6.45) is 2.30. The summed E-state index contributed by atoms with van der Waals surface area (Å²) in [4.78, 5) is 0. The van der Waals surface area contributed by atoms with E-state index in [9.17, 15) is 0 Å². The Morgan fingerprint density at radius 1 is 0.600 bits per heavy atom. The minimum atomic E-state index is 1.15. The lowest BCUT2D eigenvalue weighted by atomic mass is 10.2. The van der Waals surface area contributed by atoms with Gasteiger partial charge in [-0.1, -0.05) is 69.2 Å². The minimum absolute atomic E-state index is 1.15. The van der Waals surface area contributed by atoms with E-state index in [2.05, 4.69) is 60.7 Å². The maximum atomic E-state index is 2.19. The van der Waals surface area contributed by atoms with E-state index in [1.807, 2.05) is 0 Å². The molecule has 1 heteroatoms. The van der Waals surface area contributed by atoms with Crippen LogP contribution in [0.15, 0.2) is 60.7 Å². The topological polar surface area (TPSA) is 0 Å². The second kappa shape index (κ2) is 5.68. The molecule has 2 aromatic carbocycles. The zero-order chi connectivity index (χ0) is 10.3. The summed E-state index contributed by atoms with van der Waals surface area (Å²) in [5.74, 6) is 0. The molecule has 15 heavy (non-hydrogen) atoms. The predicted octanol–water partition coefficient (Wildman–Crippen LogP) is 4.33. The minimum Gasteiger partial charge on any atom is -0.0714 e. The van der Waals surface area contributed by atoms with Gasteiger partial charge in [0, 0.05) is 0 Å². The van der Waals surface area contributed by atoms with Gasteiger partial charge in [-0.3, -0.25) is 0 Å². The molecule has 0 saturated carbocycles. The van der Waals surface area contributed by atoms with Crippen LogP contribution >= 0.6 is 8.58 Å². The highest BCUT2D eigenvalue weighted by Crippen LogP contribution is 2.23. The molecule has 0 heterocycles. The molecule has 0 aliphatic heterocycles. The van der Waals surface area contributed by atoms with Gasteiger partial charge >= 0.3 is 0 Å². The van der Waals surface area contributed by atoms with Gasteiger partial charge in [0.25, 0.3) is 0 Å². The Balaban J connectivity index is 1.81. The van der Waals surface area contributed by atoms with Crippen LogP contribution in [0.4, 0.5) is 0 Å². The molecule has 0 N–H and O–H groups in total. The molecule has 2 aromatic rings. The SMILES string of the molecule is c1ccc(C[P]Cc2ccccc2)cc1. The molecule has 75 valence electrons. The van der Waals surface area contributed by atoms with Crippen molar-refractivity contribution in [1.29, 1.82) is 0 Å². The highest BCUT2D eigenvalue weighted by molar-refractivity contribution is 7.36. The first-order chi connectivity index (χ1) is 7.45. The van der Waals surface area contributed by atoms with E-state index in [0.717, 1.165) is 12.3 Å². The van der Waals surface area contributed by atoms with Crippen LogP contribution in [0.2, 0.25) is 0 Å². The highest BCUT2D eigenvalue weighted by atomic mass is 31.1. The van der Waals surface area contributed by atoms with E-state index in [0.29, 0.717) is 0 Å². The van der Waals surface area contributed by atoms with Crippen molar-refractivity contribution >= 4 is 8.58 Å². The molecule has 0 unspecified atom stereocenters. The van der Waals surface area contributed by atoms with Crippen molar-refractivity contribution in [3.63, 3.8) is 0 Å². The van der Waals surface area contributed by atoms with Crippen molar-refractivity contribution in [2.24, 2.45) is 0 Å². The molecule has 0 fully saturated rings. The fourth-order valence-corrected chi connectivity index (χ4v) is 2.53. The quantitative estimate of drug-likeness (QED) is 0.663. The maximum absolute atomic E-state index is 2.19. The number of hydrogen-bond acceptors (Lipinski definition) is 0. The maximum Gasteiger partial charge on any atom is -0.00311 e. The molecular weight excluding hydrogens is 199 g/mol. The van der Waals surface area contributed by atoms with E-state index < -0.39 is 0 Å². The number of hydrogen-bond donors (Lipinski definition) is 0. The Morgan fingerprint density at radius 2 is 1.00 bits per heavy atom. The first-order valence-corrected chi connectivity index (χ1v) is 6.43. The van der Waals surface area contributed by atoms with Gasteiger partial charge in [0.1, 0.15) is 0 Å². The van der Waals surface area contributed by atoms with Gasteiger partial charge in [0.2, 0.25) is 0 Å². The smallest absolute Gasteiger partial charge is 0.00311 e. The van der Waals surface area contributed by atoms with Crippen LogP contribution in [0.3, 0.4) is 0 Å². The summed E-state index contributed by atoms with van der Waals surface area (Å²) in [7, 11) is 1.47. The molecule has 0 aliphatic carbocycles. The molecule has 1 radical (unpaired) electrons. The Hall–Kier alpha value is -1.13. The molecule has 0 nitrogen and oxygen atoms in total. The van der Waals surface area contributed by atoms with Gasteiger partial charge in [0.15, 0.2) is 0 Å². The van der Waals surface area contributed by atoms with Gasteiger partial charge in [-0.15, -0.1) is 0 Å². The number of benzene rings is 2. The van der Waals surface area contributed by atoms with Crippen LogP contribution in [-0.2, 0) is 12.3 Å². The standard InChI is InChI=1S/C14H14P/c1-3-7-13(8-4-1)11-15-12-14-9-5-2-6-10-14/h1-10H,11-12H2. The van der Waals surface area contributed by atoms with Gasteiger partial charge in [0.05, 0.1) is 0 Å². The van der Waals surface area contributed by atoms with Crippen molar-refractivity contribution in [2.75, 3.05) is 0 Å². The Bertz CT molecular complexity index is 341. The van der Waals surface area contributed by atoms with E-state index in [1.165, 1.54) is 19.7 Å². The Kier molecular flexibility index (Phi) is 3.93. The lowest BCUT2D eigenvalue weighted by Crippen LogP contribution is -1.80. The molecule has 0 saturated heterocycles. The molecule has 0 atom stereocenters. The van der Waals surface area contributed by atoms with E-state index in [1.54, 1.807) is 0 Å². The van der Waals surface area contributed by atoms with Crippen molar-refractivity contribution < 1.29 is 0 Å². The van der Waals surface area contributed by atoms with Crippen molar-refractivity contribution in [2.45, 2.75) is 12.3 Å². The second-order valence-corrected chi connectivity index (χ2v) is 4.59. The van der Waals surface area contributed by atoms with Crippen LogP contribution in [0.5, 0.6) is 0 Å². The Morgan fingerprint density at radius 3 is 1.40 bits per heavy atom. The summed E-state index contributed by atoms with van der Waals surface area (Å²) in [6.45, 7) is 0. The zero-order valence-corrected chi connectivity index (χ0v) is 9.53. The normalized spacial score (nSPS) is 10.1. The van der Waals surface area contributed by atoms with E-state index >= 15 is 0 Å². The summed E-state index contributed by atoms with van der Waals surface area (Å²) in [5.41, 5.74) is 2.85. The third-order valence-corrected chi connectivity index (χ3v) is 3.45. The van der Waals surface area contributed by atoms with Crippen LogP contribution < -0.4 is 0 Å². The largest absolute Gasteiger partial charge is 0.0714 e. The van der Waals surface area contributed by atoms with Gasteiger partial charge in [-0.2, -0.15) is 0 Å². The lowest BCUT2D eigenvalue weighted by molar-refractivity contribution is 1.35. The average molecular weight is 213 g/mol. The highest BCUT2D eigenvalue weighted by Gasteiger charge is 1.94. The lowest BCUT2D eigenvalue weighted by Gasteiger charge is -2.01. The summed E-state index contributed by atoms with van der Waals surface area (Å²) < 4.78 is 0. The molecular formula is C14H14P. The first-order valence-electron chi connectivity index (χ1n) is 5.16. The third-order valence-electron chi connectivity index (χ3n) is 2.27. The average Bonchev–Trinajstić information content (AvgIpc) is 2.32. The number of rotatable bonds is 4. The molecule has 0 spiro atoms. The third kappa shape index (κ3) is 3.49. The van der Waals surface area contributed by atoms with Gasteiger partial charge in [-0.25, -0.2) is 0 Å². The molecule has 2 rings (SSSR count). The summed E-state index contributed by atoms with van der Waals surface area (Å²) >= 11 is 0. The fourth-order valence-electron chi connectivity index (χ4n) is 1.48. The molecule has 0 bridgehead atoms. The Labute approximate surface area is 93.1 Å². The van der Waals surface area contributed by atoms with Crippen LogP contribution in [0, 0.1) is 0 Å². The van der Waals surface area contributed by atoms with E-state index in [4.69, 9.17) is 0 Å². The van der Waals surface area contributed by atoms with Crippen molar-refractivity contribution in [3.05, 3.63) is 71.8 Å².